The summed E-state index contributed by atoms with van der Waals surface area (Å²) in [5.74, 6) is -0.367. The first-order chi connectivity index (χ1) is 11.0. The highest BCUT2D eigenvalue weighted by Crippen LogP contribution is 2.37. The Balaban J connectivity index is 2.57. The van der Waals surface area contributed by atoms with Crippen molar-refractivity contribution < 1.29 is 24.5 Å². The Morgan fingerprint density at radius 3 is 2.48 bits per heavy atom. The van der Waals surface area contributed by atoms with Gasteiger partial charge in [-0.3, -0.25) is 0 Å². The molecule has 120 valence electrons. The van der Waals surface area contributed by atoms with E-state index in [4.69, 9.17) is 21.1 Å². The van der Waals surface area contributed by atoms with E-state index >= 15 is 0 Å². The molecule has 2 aromatic rings. The molecule has 0 aliphatic rings. The summed E-state index contributed by atoms with van der Waals surface area (Å²) in [6.45, 7) is 0. The zero-order chi connectivity index (χ0) is 17.0. The number of methoxy groups -OCH3 is 2. The number of carbonyl (C=O) groups is 1. The maximum atomic E-state index is 11.5. The van der Waals surface area contributed by atoms with Gasteiger partial charge in [0.05, 0.1) is 24.8 Å². The first-order valence-corrected chi connectivity index (χ1v) is 7.00. The van der Waals surface area contributed by atoms with Gasteiger partial charge in [-0.25, -0.2) is 4.79 Å². The lowest BCUT2D eigenvalue weighted by molar-refractivity contribution is -0.130. The molecule has 0 spiro atoms. The van der Waals surface area contributed by atoms with Crippen LogP contribution in [0, 0.1) is 0 Å². The second-order valence-corrected chi connectivity index (χ2v) is 5.06. The summed E-state index contributed by atoms with van der Waals surface area (Å²) < 4.78 is 10.3. The number of ether oxygens (including phenoxy) is 2. The van der Waals surface area contributed by atoms with Crippen LogP contribution in [-0.2, 0) is 4.79 Å². The minimum Gasteiger partial charge on any atom is -0.508 e. The van der Waals surface area contributed by atoms with E-state index in [2.05, 4.69) is 0 Å². The molecule has 0 unspecified atom stereocenters. The highest BCUT2D eigenvalue weighted by Gasteiger charge is 2.14. The van der Waals surface area contributed by atoms with Gasteiger partial charge in [-0.05, 0) is 41.5 Å². The number of benzene rings is 2. The van der Waals surface area contributed by atoms with E-state index in [9.17, 15) is 15.0 Å². The van der Waals surface area contributed by atoms with Crippen molar-refractivity contribution >= 4 is 29.2 Å². The number of carboxylic acids is 1. The number of carboxylic acid groups (broad SMARTS) is 1. The third-order valence-electron chi connectivity index (χ3n) is 3.15. The molecule has 0 atom stereocenters. The molecule has 2 rings (SSSR count). The van der Waals surface area contributed by atoms with Gasteiger partial charge >= 0.3 is 5.97 Å². The number of phenols is 1. The van der Waals surface area contributed by atoms with Crippen LogP contribution in [0.15, 0.2) is 36.4 Å². The normalized spacial score (nSPS) is 11.2. The van der Waals surface area contributed by atoms with Crippen molar-refractivity contribution in [3.63, 3.8) is 0 Å². The Hall–Kier alpha value is -2.66. The van der Waals surface area contributed by atoms with Gasteiger partial charge < -0.3 is 19.7 Å². The van der Waals surface area contributed by atoms with Crippen LogP contribution in [0.4, 0.5) is 0 Å². The largest absolute Gasteiger partial charge is 0.508 e. The molecule has 0 aliphatic heterocycles. The molecule has 6 heteroatoms. The van der Waals surface area contributed by atoms with E-state index in [1.807, 2.05) is 0 Å². The summed E-state index contributed by atoms with van der Waals surface area (Å²) in [5, 5.41) is 19.3. The van der Waals surface area contributed by atoms with Crippen molar-refractivity contribution in [2.24, 2.45) is 0 Å². The fourth-order valence-electron chi connectivity index (χ4n) is 2.13. The van der Waals surface area contributed by atoms with Crippen LogP contribution in [0.1, 0.15) is 11.1 Å². The average molecular weight is 335 g/mol. The molecular weight excluding hydrogens is 320 g/mol. The molecule has 0 heterocycles. The van der Waals surface area contributed by atoms with Gasteiger partial charge in [0.2, 0.25) is 0 Å². The molecule has 23 heavy (non-hydrogen) atoms. The Morgan fingerprint density at radius 1 is 1.17 bits per heavy atom. The van der Waals surface area contributed by atoms with Crippen molar-refractivity contribution in [3.8, 4) is 17.2 Å². The number of aromatic hydroxyl groups is 1. The summed E-state index contributed by atoms with van der Waals surface area (Å²) in [6.07, 6.45) is 1.45. The van der Waals surface area contributed by atoms with Gasteiger partial charge in [-0.1, -0.05) is 23.7 Å². The van der Waals surface area contributed by atoms with Gasteiger partial charge in [0.1, 0.15) is 5.75 Å². The highest BCUT2D eigenvalue weighted by molar-refractivity contribution is 6.32. The lowest BCUT2D eigenvalue weighted by Crippen LogP contribution is -2.00. The molecule has 0 aliphatic carbocycles. The lowest BCUT2D eigenvalue weighted by atomic mass is 10.0. The van der Waals surface area contributed by atoms with Crippen LogP contribution in [-0.4, -0.2) is 30.4 Å². The lowest BCUT2D eigenvalue weighted by Gasteiger charge is -2.11. The zero-order valence-corrected chi connectivity index (χ0v) is 13.3. The smallest absolute Gasteiger partial charge is 0.336 e. The van der Waals surface area contributed by atoms with Crippen molar-refractivity contribution in [1.82, 2.24) is 0 Å². The molecule has 2 N–H and O–H groups in total. The molecule has 0 radical (unpaired) electrons. The number of hydrogen-bond donors (Lipinski definition) is 2. The SMILES string of the molecule is COc1cc(/C=C(\C(=O)O)c2cccc(O)c2)cc(Cl)c1OC. The van der Waals surface area contributed by atoms with Gasteiger partial charge in [-0.2, -0.15) is 0 Å². The molecule has 0 saturated carbocycles. The Kier molecular flexibility index (Phi) is 5.13. The average Bonchev–Trinajstić information content (AvgIpc) is 2.51. The second kappa shape index (κ2) is 7.07. The number of hydrogen-bond acceptors (Lipinski definition) is 4. The molecule has 0 saturated heterocycles. The van der Waals surface area contributed by atoms with Gasteiger partial charge in [0, 0.05) is 0 Å². The second-order valence-electron chi connectivity index (χ2n) is 4.65. The third kappa shape index (κ3) is 3.76. The maximum Gasteiger partial charge on any atom is 0.336 e. The van der Waals surface area contributed by atoms with Crippen LogP contribution in [0.25, 0.3) is 11.6 Å². The quantitative estimate of drug-likeness (QED) is 0.644. The van der Waals surface area contributed by atoms with Crippen LogP contribution in [0.2, 0.25) is 5.02 Å². The number of phenolic OH excluding ortho intramolecular Hbond substituents is 1. The molecule has 0 amide bonds. The van der Waals surface area contributed by atoms with E-state index in [0.29, 0.717) is 27.6 Å². The predicted octanol–water partition coefficient (Wildman–Crippen LogP) is 3.69. The van der Waals surface area contributed by atoms with E-state index in [1.54, 1.807) is 24.3 Å². The summed E-state index contributed by atoms with van der Waals surface area (Å²) in [6, 6.07) is 9.22. The minimum absolute atomic E-state index is 0.0139. The van der Waals surface area contributed by atoms with Crippen molar-refractivity contribution in [3.05, 3.63) is 52.5 Å². The van der Waals surface area contributed by atoms with Gasteiger partial charge in [0.25, 0.3) is 0 Å². The topological polar surface area (TPSA) is 76.0 Å². The maximum absolute atomic E-state index is 11.5. The fraction of sp³-hybridized carbons (Fsp3) is 0.118. The van der Waals surface area contributed by atoms with E-state index in [-0.39, 0.29) is 11.3 Å². The summed E-state index contributed by atoms with van der Waals surface area (Å²) in [5.41, 5.74) is 0.931. The summed E-state index contributed by atoms with van der Waals surface area (Å²) in [4.78, 5) is 11.5. The van der Waals surface area contributed by atoms with Gasteiger partial charge in [0.15, 0.2) is 11.5 Å². The summed E-state index contributed by atoms with van der Waals surface area (Å²) >= 11 is 6.13. The standard InChI is InChI=1S/C17H15ClO5/c1-22-15-8-10(7-14(18)16(15)23-2)6-13(17(20)21)11-4-3-5-12(19)9-11/h3-9,19H,1-2H3,(H,20,21)/b13-6-. The number of rotatable bonds is 5. The Morgan fingerprint density at radius 2 is 1.91 bits per heavy atom. The predicted molar refractivity (Wildman–Crippen MR) is 88.2 cm³/mol. The van der Waals surface area contributed by atoms with Crippen LogP contribution >= 0.6 is 11.6 Å². The highest BCUT2D eigenvalue weighted by atomic mass is 35.5. The molecular formula is C17H15ClO5. The van der Waals surface area contributed by atoms with Crippen molar-refractivity contribution in [1.29, 1.82) is 0 Å². The minimum atomic E-state index is -1.12. The zero-order valence-electron chi connectivity index (χ0n) is 12.5. The van der Waals surface area contributed by atoms with Crippen molar-refractivity contribution in [2.75, 3.05) is 14.2 Å². The van der Waals surface area contributed by atoms with E-state index < -0.39 is 5.97 Å². The monoisotopic (exact) mass is 334 g/mol. The number of halogens is 1. The molecule has 0 aromatic heterocycles. The fourth-order valence-corrected chi connectivity index (χ4v) is 2.43. The van der Waals surface area contributed by atoms with Crippen LogP contribution in [0.5, 0.6) is 17.2 Å². The first-order valence-electron chi connectivity index (χ1n) is 6.62. The Labute approximate surface area is 138 Å². The molecule has 5 nitrogen and oxygen atoms in total. The van der Waals surface area contributed by atoms with E-state index in [1.165, 1.54) is 32.4 Å². The van der Waals surface area contributed by atoms with Gasteiger partial charge in [-0.15, -0.1) is 0 Å². The summed E-state index contributed by atoms with van der Waals surface area (Å²) in [7, 11) is 2.93. The number of aliphatic carboxylic acids is 1. The molecule has 2 aromatic carbocycles. The van der Waals surface area contributed by atoms with Crippen LogP contribution in [0.3, 0.4) is 0 Å². The molecule has 0 fully saturated rings. The van der Waals surface area contributed by atoms with E-state index in [0.717, 1.165) is 0 Å². The van der Waals surface area contributed by atoms with Crippen molar-refractivity contribution in [2.45, 2.75) is 0 Å². The third-order valence-corrected chi connectivity index (χ3v) is 3.44. The molecule has 0 bridgehead atoms. The Bertz CT molecular complexity index is 768. The van der Waals surface area contributed by atoms with Crippen LogP contribution < -0.4 is 9.47 Å². The first kappa shape index (κ1) is 16.7.